The van der Waals surface area contributed by atoms with Crippen molar-refractivity contribution in [2.24, 2.45) is 0 Å². The van der Waals surface area contributed by atoms with Gasteiger partial charge in [0.2, 0.25) is 11.8 Å². The Kier molecular flexibility index (Phi) is 6.32. The summed E-state index contributed by atoms with van der Waals surface area (Å²) in [4.78, 5) is 38.2. The average molecular weight is 528 g/mol. The molecule has 3 heterocycles. The first-order chi connectivity index (χ1) is 18.0. The number of benzene rings is 2. The number of carbonyl (C=O) groups is 2. The number of hydrogen-bond acceptors (Lipinski definition) is 5. The number of likely N-dealkylation sites (tertiary alicyclic amines) is 1. The molecule has 198 valence electrons. The van der Waals surface area contributed by atoms with Crippen LogP contribution in [-0.2, 0) is 27.7 Å². The third-order valence-corrected chi connectivity index (χ3v) is 7.31. The Hall–Kier alpha value is -4.02. The van der Waals surface area contributed by atoms with E-state index >= 15 is 0 Å². The summed E-state index contributed by atoms with van der Waals surface area (Å²) in [5.74, 6) is -1.42. The smallest absolute Gasteiger partial charge is 0.363 e. The molecule has 0 saturated carbocycles. The zero-order valence-electron chi connectivity index (χ0n) is 20.7. The number of alkyl halides is 3. The molecule has 1 saturated heterocycles. The van der Waals surface area contributed by atoms with Gasteiger partial charge in [-0.1, -0.05) is 30.3 Å². The van der Waals surface area contributed by atoms with Crippen LogP contribution in [0.25, 0.3) is 0 Å². The van der Waals surface area contributed by atoms with E-state index in [4.69, 9.17) is 0 Å². The van der Waals surface area contributed by atoms with Crippen molar-refractivity contribution in [1.29, 1.82) is 0 Å². The summed E-state index contributed by atoms with van der Waals surface area (Å²) >= 11 is 0. The first-order valence-electron chi connectivity index (χ1n) is 12.1. The van der Waals surface area contributed by atoms with E-state index in [0.29, 0.717) is 36.0 Å². The molecule has 1 N–H and O–H groups in total. The van der Waals surface area contributed by atoms with Gasteiger partial charge >= 0.3 is 6.18 Å². The molecule has 5 rings (SSSR count). The van der Waals surface area contributed by atoms with Gasteiger partial charge in [-0.05, 0) is 31.5 Å². The summed E-state index contributed by atoms with van der Waals surface area (Å²) in [6.07, 6.45) is -3.20. The highest BCUT2D eigenvalue weighted by Crippen LogP contribution is 2.44. The third kappa shape index (κ3) is 4.25. The molecule has 0 radical (unpaired) electrons. The van der Waals surface area contributed by atoms with Crippen LogP contribution in [0, 0.1) is 5.82 Å². The quantitative estimate of drug-likeness (QED) is 0.491. The summed E-state index contributed by atoms with van der Waals surface area (Å²) in [5.41, 5.74) is -0.941. The van der Waals surface area contributed by atoms with Crippen molar-refractivity contribution in [2.45, 2.75) is 44.4 Å². The summed E-state index contributed by atoms with van der Waals surface area (Å²) in [6.45, 7) is 3.60. The predicted molar refractivity (Wildman–Crippen MR) is 132 cm³/mol. The SMILES string of the molecule is CC(=O)N1CCC2(C1)C(=O)N(c1ccccc1)Cc1c(N[C@H](C)c3cccc(C(F)(F)F)c3F)ncnc12. The van der Waals surface area contributed by atoms with E-state index in [2.05, 4.69) is 15.3 Å². The molecule has 2 aliphatic rings. The number of nitrogens with one attached hydrogen (secondary N) is 1. The van der Waals surface area contributed by atoms with E-state index in [9.17, 15) is 27.2 Å². The number of nitrogens with zero attached hydrogens (tertiary/aromatic N) is 4. The number of amides is 2. The summed E-state index contributed by atoms with van der Waals surface area (Å²) < 4.78 is 54.8. The van der Waals surface area contributed by atoms with Crippen molar-refractivity contribution in [3.05, 3.63) is 83.1 Å². The molecule has 2 aromatic carbocycles. The van der Waals surface area contributed by atoms with Crippen molar-refractivity contribution in [3.8, 4) is 0 Å². The lowest BCUT2D eigenvalue weighted by atomic mass is 9.76. The second-order valence-electron chi connectivity index (χ2n) is 9.62. The molecule has 2 atom stereocenters. The van der Waals surface area contributed by atoms with E-state index in [1.54, 1.807) is 41.0 Å². The maximum atomic E-state index is 14.9. The van der Waals surface area contributed by atoms with Crippen LogP contribution in [0.1, 0.15) is 48.7 Å². The van der Waals surface area contributed by atoms with Crippen molar-refractivity contribution >= 4 is 23.3 Å². The minimum atomic E-state index is -4.83. The highest BCUT2D eigenvalue weighted by atomic mass is 19.4. The molecular weight excluding hydrogens is 502 g/mol. The monoisotopic (exact) mass is 527 g/mol. The van der Waals surface area contributed by atoms with Gasteiger partial charge in [-0.25, -0.2) is 14.4 Å². The Morgan fingerprint density at radius 3 is 2.50 bits per heavy atom. The van der Waals surface area contributed by atoms with Crippen molar-refractivity contribution < 1.29 is 27.2 Å². The van der Waals surface area contributed by atoms with Crippen LogP contribution in [0.2, 0.25) is 0 Å². The lowest BCUT2D eigenvalue weighted by Crippen LogP contribution is -2.53. The minimum absolute atomic E-state index is 0.0982. The molecule has 3 aromatic rings. The molecule has 2 aliphatic heterocycles. The van der Waals surface area contributed by atoms with E-state index in [1.807, 2.05) is 6.07 Å². The van der Waals surface area contributed by atoms with E-state index in [0.717, 1.165) is 6.07 Å². The Labute approximate surface area is 216 Å². The molecule has 11 heteroatoms. The number of anilines is 2. The van der Waals surface area contributed by atoms with Crippen molar-refractivity contribution in [1.82, 2.24) is 14.9 Å². The third-order valence-electron chi connectivity index (χ3n) is 7.31. The second kappa shape index (κ2) is 9.38. The number of halogens is 4. The van der Waals surface area contributed by atoms with Crippen molar-refractivity contribution in [3.63, 3.8) is 0 Å². The molecule has 1 spiro atoms. The van der Waals surface area contributed by atoms with Gasteiger partial charge in [0.1, 0.15) is 23.4 Å². The normalized spacial score (nSPS) is 20.0. The molecule has 1 aromatic heterocycles. The highest BCUT2D eigenvalue weighted by Gasteiger charge is 2.54. The molecule has 0 bridgehead atoms. The fourth-order valence-corrected chi connectivity index (χ4v) is 5.34. The maximum Gasteiger partial charge on any atom is 0.419 e. The largest absolute Gasteiger partial charge is 0.419 e. The van der Waals surface area contributed by atoms with Gasteiger partial charge in [0.25, 0.3) is 0 Å². The Balaban J connectivity index is 1.58. The highest BCUT2D eigenvalue weighted by molar-refractivity contribution is 6.04. The van der Waals surface area contributed by atoms with Crippen LogP contribution >= 0.6 is 0 Å². The molecule has 2 amide bonds. The standard InChI is InChI=1S/C27H25F4N5O2/c1-16(19-9-6-10-21(22(19)28)27(29,30)31)34-24-20-13-36(18-7-4-3-5-8-18)25(38)26(23(20)32-15-33-24)11-12-35(14-26)17(2)37/h3-10,15-16H,11-14H2,1-2H3,(H,32,33,34)/t16-,26?/m1/s1. The lowest BCUT2D eigenvalue weighted by molar-refractivity contribution is -0.140. The van der Waals surface area contributed by atoms with Gasteiger partial charge < -0.3 is 15.1 Å². The van der Waals surface area contributed by atoms with Gasteiger partial charge in [0.15, 0.2) is 0 Å². The molecular formula is C27H25F4N5O2. The van der Waals surface area contributed by atoms with Crippen LogP contribution in [0.3, 0.4) is 0 Å². The molecule has 1 unspecified atom stereocenters. The number of aromatic nitrogens is 2. The van der Waals surface area contributed by atoms with Crippen LogP contribution in [0.15, 0.2) is 54.9 Å². The minimum Gasteiger partial charge on any atom is -0.363 e. The zero-order valence-corrected chi connectivity index (χ0v) is 20.7. The maximum absolute atomic E-state index is 14.9. The summed E-state index contributed by atoms with van der Waals surface area (Å²) in [6, 6.07) is 11.3. The van der Waals surface area contributed by atoms with Crippen LogP contribution in [0.5, 0.6) is 0 Å². The molecule has 38 heavy (non-hydrogen) atoms. The Bertz CT molecular complexity index is 1400. The predicted octanol–water partition coefficient (Wildman–Crippen LogP) is 4.84. The summed E-state index contributed by atoms with van der Waals surface area (Å²) in [5, 5.41) is 3.06. The van der Waals surface area contributed by atoms with Gasteiger partial charge in [0.05, 0.1) is 23.8 Å². The fraction of sp³-hybridized carbons (Fsp3) is 0.333. The van der Waals surface area contributed by atoms with E-state index < -0.39 is 29.0 Å². The van der Waals surface area contributed by atoms with Gasteiger partial charge in [-0.15, -0.1) is 0 Å². The van der Waals surface area contributed by atoms with Gasteiger partial charge in [-0.2, -0.15) is 13.2 Å². The fourth-order valence-electron chi connectivity index (χ4n) is 5.34. The number of fused-ring (bicyclic) bond motifs is 2. The number of hydrogen-bond donors (Lipinski definition) is 1. The molecule has 0 aliphatic carbocycles. The van der Waals surface area contributed by atoms with Crippen LogP contribution in [-0.4, -0.2) is 39.8 Å². The molecule has 1 fully saturated rings. The van der Waals surface area contributed by atoms with E-state index in [-0.39, 0.29) is 36.3 Å². The summed E-state index contributed by atoms with van der Waals surface area (Å²) in [7, 11) is 0. The van der Waals surface area contributed by atoms with Crippen LogP contribution < -0.4 is 10.2 Å². The lowest BCUT2D eigenvalue weighted by Gasteiger charge is -2.40. The topological polar surface area (TPSA) is 78.4 Å². The average Bonchev–Trinajstić information content (AvgIpc) is 3.33. The second-order valence-corrected chi connectivity index (χ2v) is 9.62. The number of rotatable bonds is 4. The van der Waals surface area contributed by atoms with Crippen molar-refractivity contribution in [2.75, 3.05) is 23.3 Å². The van der Waals surface area contributed by atoms with E-state index in [1.165, 1.54) is 19.3 Å². The Morgan fingerprint density at radius 1 is 1.11 bits per heavy atom. The Morgan fingerprint density at radius 2 is 1.84 bits per heavy atom. The van der Waals surface area contributed by atoms with Gasteiger partial charge in [0, 0.05) is 36.8 Å². The first kappa shape index (κ1) is 25.6. The zero-order chi connectivity index (χ0) is 27.2. The van der Waals surface area contributed by atoms with Crippen LogP contribution in [0.4, 0.5) is 29.1 Å². The number of para-hydroxylation sites is 1. The number of carbonyl (C=O) groups excluding carboxylic acids is 2. The first-order valence-corrected chi connectivity index (χ1v) is 12.1. The molecule has 7 nitrogen and oxygen atoms in total. The van der Waals surface area contributed by atoms with Gasteiger partial charge in [-0.3, -0.25) is 9.59 Å².